The van der Waals surface area contributed by atoms with Crippen molar-refractivity contribution in [2.45, 2.75) is 0 Å². The number of hydrogen-bond donors (Lipinski definition) is 2. The Hall–Kier alpha value is -2.62. The number of nitrogens with two attached hydrogens (primary N) is 1. The van der Waals surface area contributed by atoms with Crippen LogP contribution in [0.25, 0.3) is 21.7 Å². The summed E-state index contributed by atoms with van der Waals surface area (Å²) in [6.45, 7) is 0. The zero-order valence-corrected chi connectivity index (χ0v) is 9.42. The predicted octanol–water partition coefficient (Wildman–Crippen LogP) is 2.67. The Bertz CT molecular complexity index is 781. The topological polar surface area (TPSA) is 76.2 Å². The second-order valence-electron chi connectivity index (χ2n) is 4.09. The second-order valence-corrected chi connectivity index (χ2v) is 4.09. The maximum atomic E-state index is 11.2. The van der Waals surface area contributed by atoms with E-state index in [1.165, 1.54) is 0 Å². The number of rotatable bonds is 1. The molecular weight excluding hydrogens is 228 g/mol. The Morgan fingerprint density at radius 2 is 1.83 bits per heavy atom. The van der Waals surface area contributed by atoms with E-state index in [1.54, 1.807) is 24.3 Å². The number of carbonyl (C=O) groups is 1. The van der Waals surface area contributed by atoms with Crippen molar-refractivity contribution >= 4 is 33.3 Å². The summed E-state index contributed by atoms with van der Waals surface area (Å²) < 4.78 is 0. The molecule has 0 saturated heterocycles. The molecule has 18 heavy (non-hydrogen) atoms. The van der Waals surface area contributed by atoms with Gasteiger partial charge in [0.1, 0.15) is 0 Å². The number of anilines is 1. The number of nitrogens with zero attached hydrogens (tertiary/aromatic N) is 1. The van der Waals surface area contributed by atoms with E-state index in [1.807, 2.05) is 18.2 Å². The first-order chi connectivity index (χ1) is 8.66. The summed E-state index contributed by atoms with van der Waals surface area (Å²) in [7, 11) is 0. The highest BCUT2D eigenvalue weighted by Crippen LogP contribution is 2.28. The van der Waals surface area contributed by atoms with E-state index in [0.29, 0.717) is 16.6 Å². The van der Waals surface area contributed by atoms with Crippen LogP contribution in [0.2, 0.25) is 0 Å². The van der Waals surface area contributed by atoms with Crippen molar-refractivity contribution in [1.82, 2.24) is 4.98 Å². The number of fused-ring (bicyclic) bond motifs is 3. The van der Waals surface area contributed by atoms with Crippen molar-refractivity contribution in [3.63, 3.8) is 0 Å². The molecule has 88 valence electrons. The number of carboxylic acids is 1. The average Bonchev–Trinajstić information content (AvgIpc) is 2.37. The van der Waals surface area contributed by atoms with Crippen molar-refractivity contribution in [3.8, 4) is 0 Å². The highest BCUT2D eigenvalue weighted by atomic mass is 16.4. The zero-order valence-electron chi connectivity index (χ0n) is 9.42. The average molecular weight is 238 g/mol. The summed E-state index contributed by atoms with van der Waals surface area (Å²) in [4.78, 5) is 15.4. The molecule has 0 amide bonds. The van der Waals surface area contributed by atoms with Gasteiger partial charge in [0.15, 0.2) is 5.69 Å². The Morgan fingerprint density at radius 3 is 2.61 bits per heavy atom. The molecule has 0 atom stereocenters. The lowest BCUT2D eigenvalue weighted by Crippen LogP contribution is -2.02. The third-order valence-corrected chi connectivity index (χ3v) is 2.93. The summed E-state index contributed by atoms with van der Waals surface area (Å²) in [5, 5.41) is 11.5. The molecule has 0 saturated carbocycles. The van der Waals surface area contributed by atoms with Gasteiger partial charge in [-0.2, -0.15) is 0 Å². The number of aromatic carboxylic acids is 1. The molecule has 3 rings (SSSR count). The monoisotopic (exact) mass is 238 g/mol. The van der Waals surface area contributed by atoms with Crippen LogP contribution in [0.3, 0.4) is 0 Å². The maximum Gasteiger partial charge on any atom is 0.355 e. The Balaban J connectivity index is 2.59. The first kappa shape index (κ1) is 10.5. The Morgan fingerprint density at radius 1 is 1.06 bits per heavy atom. The molecule has 4 nitrogen and oxygen atoms in total. The molecule has 1 aromatic heterocycles. The number of pyridine rings is 1. The molecule has 0 bridgehead atoms. The summed E-state index contributed by atoms with van der Waals surface area (Å²) in [5.74, 6) is -1.03. The van der Waals surface area contributed by atoms with Crippen LogP contribution in [0.1, 0.15) is 10.5 Å². The highest BCUT2D eigenvalue weighted by Gasteiger charge is 2.13. The molecule has 0 aliphatic rings. The standard InChI is InChI=1S/C14H10N2O2/c15-8-5-6-10-11(7-8)9-3-1-2-4-12(9)16-13(10)14(17)18/h1-7H,15H2,(H,17,18). The fourth-order valence-corrected chi connectivity index (χ4v) is 2.13. The van der Waals surface area contributed by atoms with Gasteiger partial charge in [0.2, 0.25) is 0 Å². The largest absolute Gasteiger partial charge is 0.476 e. The molecule has 0 aliphatic carbocycles. The van der Waals surface area contributed by atoms with Crippen LogP contribution in [-0.4, -0.2) is 16.1 Å². The minimum Gasteiger partial charge on any atom is -0.476 e. The van der Waals surface area contributed by atoms with E-state index >= 15 is 0 Å². The van der Waals surface area contributed by atoms with E-state index in [-0.39, 0.29) is 5.69 Å². The minimum absolute atomic E-state index is 0.0590. The molecule has 0 aliphatic heterocycles. The first-order valence-electron chi connectivity index (χ1n) is 5.48. The predicted molar refractivity (Wildman–Crippen MR) is 70.6 cm³/mol. The smallest absolute Gasteiger partial charge is 0.355 e. The highest BCUT2D eigenvalue weighted by molar-refractivity contribution is 6.13. The molecule has 1 heterocycles. The van der Waals surface area contributed by atoms with Crippen LogP contribution >= 0.6 is 0 Å². The zero-order chi connectivity index (χ0) is 12.7. The van der Waals surface area contributed by atoms with Crippen molar-refractivity contribution in [1.29, 1.82) is 0 Å². The van der Waals surface area contributed by atoms with Gasteiger partial charge in [-0.3, -0.25) is 0 Å². The summed E-state index contributed by atoms with van der Waals surface area (Å²) >= 11 is 0. The van der Waals surface area contributed by atoms with Crippen molar-refractivity contribution in [2.24, 2.45) is 0 Å². The first-order valence-corrected chi connectivity index (χ1v) is 5.48. The minimum atomic E-state index is -1.03. The van der Waals surface area contributed by atoms with Gasteiger partial charge in [0, 0.05) is 16.5 Å². The SMILES string of the molecule is Nc1ccc2c(C(=O)O)nc3ccccc3c2c1. The Kier molecular flexibility index (Phi) is 2.16. The van der Waals surface area contributed by atoms with E-state index < -0.39 is 5.97 Å². The van der Waals surface area contributed by atoms with Crippen molar-refractivity contribution in [3.05, 3.63) is 48.2 Å². The molecule has 0 unspecified atom stereocenters. The van der Waals surface area contributed by atoms with E-state index in [0.717, 1.165) is 10.8 Å². The van der Waals surface area contributed by atoms with Gasteiger partial charge in [0.05, 0.1) is 5.52 Å². The normalized spacial score (nSPS) is 10.9. The molecule has 4 heteroatoms. The lowest BCUT2D eigenvalue weighted by molar-refractivity contribution is 0.0693. The lowest BCUT2D eigenvalue weighted by atomic mass is 10.0. The molecule has 0 fully saturated rings. The number of hydrogen-bond acceptors (Lipinski definition) is 3. The third-order valence-electron chi connectivity index (χ3n) is 2.93. The summed E-state index contributed by atoms with van der Waals surface area (Å²) in [6, 6.07) is 12.6. The fraction of sp³-hybridized carbons (Fsp3) is 0. The number of benzene rings is 2. The molecule has 0 radical (unpaired) electrons. The van der Waals surface area contributed by atoms with Crippen molar-refractivity contribution in [2.75, 3.05) is 5.73 Å². The van der Waals surface area contributed by atoms with Crippen LogP contribution in [0.15, 0.2) is 42.5 Å². The van der Waals surface area contributed by atoms with E-state index in [2.05, 4.69) is 4.98 Å². The molecule has 3 N–H and O–H groups in total. The van der Waals surface area contributed by atoms with Crippen LogP contribution in [-0.2, 0) is 0 Å². The summed E-state index contributed by atoms with van der Waals surface area (Å²) in [6.07, 6.45) is 0. The van der Waals surface area contributed by atoms with Gasteiger partial charge >= 0.3 is 5.97 Å². The van der Waals surface area contributed by atoms with Gasteiger partial charge in [-0.25, -0.2) is 9.78 Å². The lowest BCUT2D eigenvalue weighted by Gasteiger charge is -2.07. The van der Waals surface area contributed by atoms with Gasteiger partial charge in [0.25, 0.3) is 0 Å². The van der Waals surface area contributed by atoms with Crippen LogP contribution in [0.4, 0.5) is 5.69 Å². The van der Waals surface area contributed by atoms with Gasteiger partial charge in [-0.15, -0.1) is 0 Å². The number of para-hydroxylation sites is 1. The van der Waals surface area contributed by atoms with Gasteiger partial charge in [-0.05, 0) is 29.7 Å². The van der Waals surface area contributed by atoms with Crippen LogP contribution in [0.5, 0.6) is 0 Å². The van der Waals surface area contributed by atoms with Crippen molar-refractivity contribution < 1.29 is 9.90 Å². The van der Waals surface area contributed by atoms with Gasteiger partial charge in [-0.1, -0.05) is 18.2 Å². The van der Waals surface area contributed by atoms with E-state index in [4.69, 9.17) is 5.73 Å². The van der Waals surface area contributed by atoms with Crippen LogP contribution < -0.4 is 5.73 Å². The van der Waals surface area contributed by atoms with E-state index in [9.17, 15) is 9.90 Å². The quantitative estimate of drug-likeness (QED) is 0.504. The van der Waals surface area contributed by atoms with Gasteiger partial charge < -0.3 is 10.8 Å². The number of nitrogen functional groups attached to an aromatic ring is 1. The summed E-state index contributed by atoms with van der Waals surface area (Å²) in [5.41, 5.74) is 7.10. The molecule has 0 spiro atoms. The molecular formula is C14H10N2O2. The van der Waals surface area contributed by atoms with Crippen LogP contribution in [0, 0.1) is 0 Å². The maximum absolute atomic E-state index is 11.2. The fourth-order valence-electron chi connectivity index (χ4n) is 2.13. The number of aromatic nitrogens is 1. The second kappa shape index (κ2) is 3.70. The third kappa shape index (κ3) is 1.47. The number of carboxylic acid groups (broad SMARTS) is 1. The molecule has 3 aromatic rings. The Labute approximate surface area is 103 Å². The molecule has 2 aromatic carbocycles.